The van der Waals surface area contributed by atoms with Gasteiger partial charge in [-0.1, -0.05) is 12.1 Å². The van der Waals surface area contributed by atoms with Crippen molar-refractivity contribution in [2.45, 2.75) is 25.2 Å². The Morgan fingerprint density at radius 3 is 2.71 bits per heavy atom. The summed E-state index contributed by atoms with van der Waals surface area (Å²) in [5, 5.41) is 3.20. The van der Waals surface area contributed by atoms with Crippen molar-refractivity contribution in [2.24, 2.45) is 0 Å². The van der Waals surface area contributed by atoms with Crippen molar-refractivity contribution in [2.75, 3.05) is 20.2 Å². The van der Waals surface area contributed by atoms with Crippen molar-refractivity contribution in [3.05, 3.63) is 29.3 Å². The van der Waals surface area contributed by atoms with E-state index in [0.717, 1.165) is 26.4 Å². The molecule has 94 valence electrons. The predicted octanol–water partition coefficient (Wildman–Crippen LogP) is 2.88. The molecule has 1 aromatic carbocycles. The largest absolute Gasteiger partial charge is 0.496 e. The van der Waals surface area contributed by atoms with Gasteiger partial charge in [0.2, 0.25) is 0 Å². The summed E-state index contributed by atoms with van der Waals surface area (Å²) in [6.45, 7) is 2.55. The molecule has 1 aromatic rings. The van der Waals surface area contributed by atoms with E-state index in [2.05, 4.69) is 5.32 Å². The summed E-state index contributed by atoms with van der Waals surface area (Å²) in [6.07, 6.45) is 0.878. The zero-order valence-electron chi connectivity index (χ0n) is 10.1. The molecule has 1 unspecified atom stereocenters. The minimum Gasteiger partial charge on any atom is -0.496 e. The average Bonchev–Trinajstić information content (AvgIpc) is 2.80. The number of ether oxygens (including phenoxy) is 1. The van der Waals surface area contributed by atoms with Gasteiger partial charge in [-0.25, -0.2) is 8.78 Å². The van der Waals surface area contributed by atoms with E-state index in [1.54, 1.807) is 12.1 Å². The van der Waals surface area contributed by atoms with Gasteiger partial charge in [-0.05, 0) is 19.0 Å². The highest BCUT2D eigenvalue weighted by Crippen LogP contribution is 2.40. The van der Waals surface area contributed by atoms with Crippen LogP contribution in [0, 0.1) is 0 Å². The van der Waals surface area contributed by atoms with Crippen molar-refractivity contribution in [1.29, 1.82) is 0 Å². The van der Waals surface area contributed by atoms with Gasteiger partial charge in [-0.2, -0.15) is 0 Å². The van der Waals surface area contributed by atoms with E-state index >= 15 is 0 Å². The maximum atomic E-state index is 13.6. The van der Waals surface area contributed by atoms with Crippen LogP contribution in [0.1, 0.15) is 30.4 Å². The lowest BCUT2D eigenvalue weighted by Gasteiger charge is -2.22. The summed E-state index contributed by atoms with van der Waals surface area (Å²) in [6, 6.07) is 4.87. The third kappa shape index (κ3) is 2.41. The van der Waals surface area contributed by atoms with Crippen molar-refractivity contribution in [1.82, 2.24) is 5.32 Å². The highest BCUT2D eigenvalue weighted by Gasteiger charge is 2.33. The van der Waals surface area contributed by atoms with E-state index in [0.29, 0.717) is 11.3 Å². The van der Waals surface area contributed by atoms with Crippen LogP contribution in [0.2, 0.25) is 0 Å². The van der Waals surface area contributed by atoms with E-state index in [4.69, 9.17) is 4.74 Å². The topological polar surface area (TPSA) is 21.3 Å². The van der Waals surface area contributed by atoms with Crippen molar-refractivity contribution in [3.63, 3.8) is 0 Å². The quantitative estimate of drug-likeness (QED) is 0.878. The second-order valence-corrected chi connectivity index (χ2v) is 4.50. The Morgan fingerprint density at radius 1 is 1.41 bits per heavy atom. The lowest BCUT2D eigenvalue weighted by atomic mass is 9.90. The smallest absolute Gasteiger partial charge is 0.270 e. The Morgan fingerprint density at radius 2 is 2.18 bits per heavy atom. The summed E-state index contributed by atoms with van der Waals surface area (Å²) in [7, 11) is 1.53. The molecule has 0 spiro atoms. The molecule has 2 rings (SSSR count). The van der Waals surface area contributed by atoms with Crippen LogP contribution in [-0.4, -0.2) is 20.2 Å². The highest BCUT2D eigenvalue weighted by molar-refractivity contribution is 5.45. The third-order valence-electron chi connectivity index (χ3n) is 3.23. The fraction of sp³-hybridized carbons (Fsp3) is 0.538. The third-order valence-corrected chi connectivity index (χ3v) is 3.23. The molecule has 0 aromatic heterocycles. The van der Waals surface area contributed by atoms with Crippen LogP contribution in [0.15, 0.2) is 18.2 Å². The summed E-state index contributed by atoms with van der Waals surface area (Å²) >= 11 is 0. The SMILES string of the molecule is COc1cccc(C(C)(F)F)c1C1CCNC1. The molecule has 0 aliphatic carbocycles. The Bertz CT molecular complexity index is 395. The molecule has 4 heteroatoms. The molecule has 0 bridgehead atoms. The van der Waals surface area contributed by atoms with Gasteiger partial charge in [0, 0.05) is 30.5 Å². The first-order chi connectivity index (χ1) is 8.04. The standard InChI is InChI=1S/C13H17F2NO/c1-13(14,15)10-4-3-5-11(17-2)12(10)9-6-7-16-8-9/h3-5,9,16H,6-8H2,1-2H3. The monoisotopic (exact) mass is 241 g/mol. The number of hydrogen-bond donors (Lipinski definition) is 1. The van der Waals surface area contributed by atoms with E-state index < -0.39 is 5.92 Å². The molecule has 1 atom stereocenters. The summed E-state index contributed by atoms with van der Waals surface area (Å²) in [4.78, 5) is 0. The van der Waals surface area contributed by atoms with Crippen LogP contribution < -0.4 is 10.1 Å². The Labute approximate surface area is 100.0 Å². The highest BCUT2D eigenvalue weighted by atomic mass is 19.3. The summed E-state index contributed by atoms with van der Waals surface area (Å²) in [5.41, 5.74) is 0.748. The van der Waals surface area contributed by atoms with Crippen LogP contribution in [0.4, 0.5) is 8.78 Å². The van der Waals surface area contributed by atoms with E-state index in [9.17, 15) is 8.78 Å². The molecule has 1 aliphatic heterocycles. The molecule has 1 heterocycles. The van der Waals surface area contributed by atoms with E-state index in [1.807, 2.05) is 0 Å². The predicted molar refractivity (Wildman–Crippen MR) is 62.8 cm³/mol. The van der Waals surface area contributed by atoms with Gasteiger partial charge < -0.3 is 10.1 Å². The minimum atomic E-state index is -2.83. The zero-order valence-corrected chi connectivity index (χ0v) is 10.1. The maximum Gasteiger partial charge on any atom is 0.270 e. The Balaban J connectivity index is 2.51. The maximum absolute atomic E-state index is 13.6. The van der Waals surface area contributed by atoms with Gasteiger partial charge in [0.25, 0.3) is 5.92 Å². The van der Waals surface area contributed by atoms with E-state index in [-0.39, 0.29) is 11.5 Å². The molecule has 1 saturated heterocycles. The fourth-order valence-corrected chi connectivity index (χ4v) is 2.43. The van der Waals surface area contributed by atoms with Crippen LogP contribution in [0.5, 0.6) is 5.75 Å². The molecular weight excluding hydrogens is 224 g/mol. The van der Waals surface area contributed by atoms with Gasteiger partial charge in [-0.15, -0.1) is 0 Å². The number of rotatable bonds is 3. The number of halogens is 2. The summed E-state index contributed by atoms with van der Waals surface area (Å²) < 4.78 is 32.5. The Kier molecular flexibility index (Phi) is 3.33. The molecule has 2 nitrogen and oxygen atoms in total. The number of nitrogens with one attached hydrogen (secondary N) is 1. The van der Waals surface area contributed by atoms with Gasteiger partial charge in [0.1, 0.15) is 5.75 Å². The van der Waals surface area contributed by atoms with Crippen LogP contribution in [0.25, 0.3) is 0 Å². The van der Waals surface area contributed by atoms with Crippen LogP contribution >= 0.6 is 0 Å². The number of alkyl halides is 2. The molecular formula is C13H17F2NO. The van der Waals surface area contributed by atoms with Gasteiger partial charge in [0.05, 0.1) is 7.11 Å². The summed E-state index contributed by atoms with van der Waals surface area (Å²) in [5.74, 6) is -2.14. The molecule has 1 N–H and O–H groups in total. The molecule has 0 amide bonds. The van der Waals surface area contributed by atoms with Crippen LogP contribution in [-0.2, 0) is 5.92 Å². The van der Waals surface area contributed by atoms with Crippen molar-refractivity contribution < 1.29 is 13.5 Å². The first-order valence-electron chi connectivity index (χ1n) is 5.80. The number of hydrogen-bond acceptors (Lipinski definition) is 2. The molecule has 1 fully saturated rings. The van der Waals surface area contributed by atoms with Gasteiger partial charge in [-0.3, -0.25) is 0 Å². The van der Waals surface area contributed by atoms with E-state index in [1.165, 1.54) is 13.2 Å². The normalized spacial score (nSPS) is 20.6. The Hall–Kier alpha value is -1.16. The lowest BCUT2D eigenvalue weighted by Crippen LogP contribution is -2.16. The van der Waals surface area contributed by atoms with Gasteiger partial charge in [0.15, 0.2) is 0 Å². The number of benzene rings is 1. The second kappa shape index (κ2) is 4.61. The molecule has 0 radical (unpaired) electrons. The zero-order chi connectivity index (χ0) is 12.5. The number of methoxy groups -OCH3 is 1. The van der Waals surface area contributed by atoms with Gasteiger partial charge >= 0.3 is 0 Å². The first-order valence-corrected chi connectivity index (χ1v) is 5.80. The first kappa shape index (κ1) is 12.3. The molecule has 17 heavy (non-hydrogen) atoms. The fourth-order valence-electron chi connectivity index (χ4n) is 2.43. The lowest BCUT2D eigenvalue weighted by molar-refractivity contribution is 0.0160. The second-order valence-electron chi connectivity index (χ2n) is 4.50. The molecule has 0 saturated carbocycles. The van der Waals surface area contributed by atoms with Crippen molar-refractivity contribution >= 4 is 0 Å². The minimum absolute atomic E-state index is 0.0885. The molecule has 1 aliphatic rings. The average molecular weight is 241 g/mol. The van der Waals surface area contributed by atoms with Crippen molar-refractivity contribution in [3.8, 4) is 5.75 Å². The van der Waals surface area contributed by atoms with Crippen LogP contribution in [0.3, 0.4) is 0 Å².